The molecule has 0 amide bonds. The third-order valence-electron chi connectivity index (χ3n) is 7.94. The van der Waals surface area contributed by atoms with Gasteiger partial charge in [-0.05, 0) is 101 Å². The van der Waals surface area contributed by atoms with Gasteiger partial charge in [-0.3, -0.25) is 9.59 Å². The van der Waals surface area contributed by atoms with Crippen molar-refractivity contribution in [3.63, 3.8) is 0 Å². The molecular weight excluding hydrogens is 410 g/mol. The van der Waals surface area contributed by atoms with Gasteiger partial charge in [0.05, 0.1) is 0 Å². The van der Waals surface area contributed by atoms with Crippen molar-refractivity contribution in [1.29, 1.82) is 0 Å². The van der Waals surface area contributed by atoms with Gasteiger partial charge in [-0.25, -0.2) is 0 Å². The molecule has 0 bridgehead atoms. The van der Waals surface area contributed by atoms with Gasteiger partial charge in [-0.2, -0.15) is 0 Å². The molecule has 0 aromatic heterocycles. The van der Waals surface area contributed by atoms with Gasteiger partial charge in [-0.1, -0.05) is 18.1 Å². The van der Waals surface area contributed by atoms with E-state index in [0.29, 0.717) is 24.8 Å². The summed E-state index contributed by atoms with van der Waals surface area (Å²) in [5, 5.41) is 0. The topological polar surface area (TPSA) is 46.6 Å². The third-order valence-corrected chi connectivity index (χ3v) is 7.94. The molecule has 1 aromatic rings. The number of Topliss-reactive ketones (excluding diaryl/α,β-unsaturated/α-hetero) is 1. The molecule has 178 valence electrons. The maximum atomic E-state index is 13.5. The van der Waals surface area contributed by atoms with Crippen molar-refractivity contribution < 1.29 is 14.3 Å². The van der Waals surface area contributed by atoms with Crippen LogP contribution in [0.25, 0.3) is 0 Å². The molecule has 33 heavy (non-hydrogen) atoms. The lowest BCUT2D eigenvalue weighted by Gasteiger charge is -2.37. The Morgan fingerprint density at radius 3 is 2.39 bits per heavy atom. The molecule has 1 atom stereocenters. The molecule has 1 saturated heterocycles. The highest BCUT2D eigenvalue weighted by atomic mass is 16.5. The molecule has 3 aliphatic rings. The summed E-state index contributed by atoms with van der Waals surface area (Å²) in [5.74, 6) is 0.714. The standard InChI is InChI=1S/C29H39NO3/c1-5-30(24-11-13-33-14-12-24)27-18-23(22-7-6-8-22)17-26(21(27)4)28(31)10-9-25-20(3)15-19(2)16-29(25)32/h15-18,22,24-25H,5-14H2,1-4H3. The minimum Gasteiger partial charge on any atom is -0.381 e. The monoisotopic (exact) mass is 449 g/mol. The number of hydrogen-bond acceptors (Lipinski definition) is 4. The highest BCUT2D eigenvalue weighted by Gasteiger charge is 2.28. The molecule has 4 rings (SSSR count). The summed E-state index contributed by atoms with van der Waals surface area (Å²) in [5.41, 5.74) is 6.57. The average Bonchev–Trinajstić information content (AvgIpc) is 2.74. The van der Waals surface area contributed by atoms with Crippen LogP contribution >= 0.6 is 0 Å². The van der Waals surface area contributed by atoms with E-state index in [4.69, 9.17) is 4.74 Å². The molecule has 1 saturated carbocycles. The van der Waals surface area contributed by atoms with E-state index in [1.807, 2.05) is 13.8 Å². The molecule has 1 aromatic carbocycles. The normalized spacial score (nSPS) is 21.9. The van der Waals surface area contributed by atoms with Gasteiger partial charge in [0, 0.05) is 49.4 Å². The predicted octanol–water partition coefficient (Wildman–Crippen LogP) is 6.32. The van der Waals surface area contributed by atoms with Crippen molar-refractivity contribution in [2.75, 3.05) is 24.7 Å². The van der Waals surface area contributed by atoms with Gasteiger partial charge in [0.1, 0.15) is 0 Å². The van der Waals surface area contributed by atoms with Crippen LogP contribution in [0.1, 0.15) is 93.1 Å². The molecule has 1 unspecified atom stereocenters. The summed E-state index contributed by atoms with van der Waals surface area (Å²) in [6.45, 7) is 10.8. The second-order valence-corrected chi connectivity index (χ2v) is 10.2. The number of carbonyl (C=O) groups excluding carboxylic acids is 2. The molecule has 0 spiro atoms. The zero-order valence-electron chi connectivity index (χ0n) is 20.8. The lowest BCUT2D eigenvalue weighted by molar-refractivity contribution is -0.117. The molecule has 4 nitrogen and oxygen atoms in total. The fraction of sp³-hybridized carbons (Fsp3) is 0.586. The maximum absolute atomic E-state index is 13.5. The van der Waals surface area contributed by atoms with Gasteiger partial charge >= 0.3 is 0 Å². The van der Waals surface area contributed by atoms with Gasteiger partial charge in [0.2, 0.25) is 0 Å². The molecular formula is C29H39NO3. The quantitative estimate of drug-likeness (QED) is 0.436. The lowest BCUT2D eigenvalue weighted by Crippen LogP contribution is -2.40. The number of nitrogens with zero attached hydrogens (tertiary/aromatic N) is 1. The molecule has 0 radical (unpaired) electrons. The second kappa shape index (κ2) is 10.4. The Labute approximate surface area is 199 Å². The molecule has 2 fully saturated rings. The van der Waals surface area contributed by atoms with E-state index in [2.05, 4.69) is 37.0 Å². The second-order valence-electron chi connectivity index (χ2n) is 10.2. The number of carbonyl (C=O) groups is 2. The fourth-order valence-electron chi connectivity index (χ4n) is 5.74. The van der Waals surface area contributed by atoms with Crippen LogP contribution in [0.2, 0.25) is 0 Å². The summed E-state index contributed by atoms with van der Waals surface area (Å²) < 4.78 is 5.61. The Balaban J connectivity index is 1.60. The largest absolute Gasteiger partial charge is 0.381 e. The zero-order chi connectivity index (χ0) is 23.5. The van der Waals surface area contributed by atoms with Crippen LogP contribution in [0.5, 0.6) is 0 Å². The van der Waals surface area contributed by atoms with Crippen molar-refractivity contribution in [3.8, 4) is 0 Å². The van der Waals surface area contributed by atoms with Crippen molar-refractivity contribution in [3.05, 3.63) is 52.1 Å². The van der Waals surface area contributed by atoms with Crippen LogP contribution in [-0.2, 0) is 9.53 Å². The Hall–Kier alpha value is -2.20. The van der Waals surface area contributed by atoms with Crippen LogP contribution in [-0.4, -0.2) is 37.4 Å². The van der Waals surface area contributed by atoms with E-state index in [1.165, 1.54) is 30.5 Å². The van der Waals surface area contributed by atoms with Crippen molar-refractivity contribution in [2.24, 2.45) is 5.92 Å². The number of anilines is 1. The maximum Gasteiger partial charge on any atom is 0.163 e. The first kappa shape index (κ1) is 23.9. The summed E-state index contributed by atoms with van der Waals surface area (Å²) in [4.78, 5) is 28.6. The Morgan fingerprint density at radius 2 is 1.79 bits per heavy atom. The first-order valence-corrected chi connectivity index (χ1v) is 12.8. The molecule has 2 aliphatic carbocycles. The molecule has 1 aliphatic heterocycles. The predicted molar refractivity (Wildman–Crippen MR) is 134 cm³/mol. The van der Waals surface area contributed by atoms with Gasteiger partial charge in [0.25, 0.3) is 0 Å². The van der Waals surface area contributed by atoms with E-state index in [9.17, 15) is 9.59 Å². The summed E-state index contributed by atoms with van der Waals surface area (Å²) in [6, 6.07) is 4.99. The number of hydrogen-bond donors (Lipinski definition) is 0. The Bertz CT molecular complexity index is 963. The first-order valence-electron chi connectivity index (χ1n) is 12.8. The van der Waals surface area contributed by atoms with Crippen LogP contribution in [0.3, 0.4) is 0 Å². The van der Waals surface area contributed by atoms with E-state index in [-0.39, 0.29) is 17.5 Å². The average molecular weight is 450 g/mol. The first-order chi connectivity index (χ1) is 15.9. The number of ketones is 2. The van der Waals surface area contributed by atoms with Gasteiger partial charge < -0.3 is 9.64 Å². The summed E-state index contributed by atoms with van der Waals surface area (Å²) in [6.07, 6.45) is 10.6. The smallest absolute Gasteiger partial charge is 0.163 e. The summed E-state index contributed by atoms with van der Waals surface area (Å²) in [7, 11) is 0. The SMILES string of the molecule is CCN(c1cc(C2CCC2)cc(C(=O)CCC2C(=O)C=C(C)C=C2C)c1C)C1CCOCC1. The zero-order valence-corrected chi connectivity index (χ0v) is 20.8. The minimum atomic E-state index is -0.165. The van der Waals surface area contributed by atoms with Crippen LogP contribution in [0.4, 0.5) is 5.69 Å². The molecule has 1 heterocycles. The van der Waals surface area contributed by atoms with E-state index >= 15 is 0 Å². The summed E-state index contributed by atoms with van der Waals surface area (Å²) >= 11 is 0. The number of ether oxygens (including phenoxy) is 1. The number of allylic oxidation sites excluding steroid dienone is 4. The highest BCUT2D eigenvalue weighted by molar-refractivity contribution is 6.00. The molecule has 4 heteroatoms. The number of benzene rings is 1. The van der Waals surface area contributed by atoms with Gasteiger partial charge in [-0.15, -0.1) is 0 Å². The van der Waals surface area contributed by atoms with Crippen LogP contribution < -0.4 is 4.90 Å². The van der Waals surface area contributed by atoms with Crippen molar-refractivity contribution in [1.82, 2.24) is 0 Å². The van der Waals surface area contributed by atoms with E-state index in [0.717, 1.165) is 54.9 Å². The van der Waals surface area contributed by atoms with Crippen molar-refractivity contribution >= 4 is 17.3 Å². The number of rotatable bonds is 8. The Morgan fingerprint density at radius 1 is 1.06 bits per heavy atom. The Kier molecular flexibility index (Phi) is 7.53. The van der Waals surface area contributed by atoms with E-state index < -0.39 is 0 Å². The van der Waals surface area contributed by atoms with Crippen molar-refractivity contribution in [2.45, 2.75) is 84.6 Å². The molecule has 0 N–H and O–H groups in total. The van der Waals surface area contributed by atoms with Gasteiger partial charge in [0.15, 0.2) is 11.6 Å². The third kappa shape index (κ3) is 5.16. The highest BCUT2D eigenvalue weighted by Crippen LogP contribution is 2.40. The fourth-order valence-corrected chi connectivity index (χ4v) is 5.74. The van der Waals surface area contributed by atoms with Crippen LogP contribution in [0.15, 0.2) is 35.4 Å². The lowest BCUT2D eigenvalue weighted by atomic mass is 9.78. The minimum absolute atomic E-state index is 0.137. The van der Waals surface area contributed by atoms with E-state index in [1.54, 1.807) is 6.08 Å². The van der Waals surface area contributed by atoms with Crippen LogP contribution in [0, 0.1) is 12.8 Å².